The van der Waals surface area contributed by atoms with Gasteiger partial charge in [-0.05, 0) is 31.9 Å². The Kier molecular flexibility index (Phi) is 5.01. The van der Waals surface area contributed by atoms with Crippen LogP contribution in [0, 0.1) is 6.92 Å². The molecule has 27 heavy (non-hydrogen) atoms. The predicted molar refractivity (Wildman–Crippen MR) is 102 cm³/mol. The molecular weight excluding hydrogens is 384 g/mol. The van der Waals surface area contributed by atoms with Crippen LogP contribution in [-0.4, -0.2) is 33.1 Å². The largest absolute Gasteiger partial charge is 0.338 e. The first-order valence-electron chi connectivity index (χ1n) is 8.84. The highest BCUT2D eigenvalue weighted by Gasteiger charge is 2.38. The fourth-order valence-corrected chi connectivity index (χ4v) is 6.00. The van der Waals surface area contributed by atoms with Crippen molar-refractivity contribution in [1.82, 2.24) is 10.0 Å². The molecule has 0 unspecified atom stereocenters. The monoisotopic (exact) mass is 402 g/mol. The van der Waals surface area contributed by atoms with Crippen LogP contribution in [0.2, 0.25) is 0 Å². The summed E-state index contributed by atoms with van der Waals surface area (Å²) in [4.78, 5) is 47.3. The second-order valence-corrected chi connectivity index (χ2v) is 9.23. The Labute approximate surface area is 164 Å². The Morgan fingerprint density at radius 3 is 2.48 bits per heavy atom. The number of fused-ring (bicyclic) bond motifs is 1. The molecule has 0 N–H and O–H groups in total. The number of nitrogens with zero attached hydrogens (tertiary/aromatic N) is 2. The van der Waals surface area contributed by atoms with Gasteiger partial charge in [-0.2, -0.15) is 0 Å². The molecule has 140 valence electrons. The van der Waals surface area contributed by atoms with E-state index < -0.39 is 17.8 Å². The average molecular weight is 402 g/mol. The Morgan fingerprint density at radius 1 is 1.22 bits per heavy atom. The van der Waals surface area contributed by atoms with Gasteiger partial charge in [0.25, 0.3) is 11.8 Å². The van der Waals surface area contributed by atoms with Gasteiger partial charge in [0.1, 0.15) is 0 Å². The lowest BCUT2D eigenvalue weighted by atomic mass is 10.1. The summed E-state index contributed by atoms with van der Waals surface area (Å²) in [6.45, 7) is 1.86. The van der Waals surface area contributed by atoms with Crippen LogP contribution in [0.3, 0.4) is 0 Å². The van der Waals surface area contributed by atoms with Gasteiger partial charge in [0, 0.05) is 10.1 Å². The predicted octanol–water partition coefficient (Wildman–Crippen LogP) is 3.78. The number of hydrogen-bond donors (Lipinski definition) is 0. The summed E-state index contributed by atoms with van der Waals surface area (Å²) in [6.07, 6.45) is 4.94. The van der Waals surface area contributed by atoms with Crippen molar-refractivity contribution >= 4 is 40.9 Å². The van der Waals surface area contributed by atoms with Gasteiger partial charge in [0.05, 0.1) is 23.2 Å². The fourth-order valence-electron chi connectivity index (χ4n) is 3.28. The van der Waals surface area contributed by atoms with E-state index in [0.717, 1.165) is 14.9 Å². The number of benzene rings is 1. The number of hydrogen-bond acceptors (Lipinski definition) is 7. The second kappa shape index (κ2) is 7.44. The van der Waals surface area contributed by atoms with E-state index in [1.165, 1.54) is 37.0 Å². The van der Waals surface area contributed by atoms with Crippen LogP contribution in [0.25, 0.3) is 0 Å². The zero-order valence-corrected chi connectivity index (χ0v) is 16.4. The maximum Gasteiger partial charge on any atom is 0.338 e. The van der Waals surface area contributed by atoms with E-state index in [4.69, 9.17) is 4.84 Å². The first-order valence-corrected chi connectivity index (χ1v) is 10.5. The van der Waals surface area contributed by atoms with E-state index in [9.17, 15) is 14.4 Å². The van der Waals surface area contributed by atoms with Crippen LogP contribution in [0.1, 0.15) is 57.0 Å². The molecule has 2 aromatic rings. The molecule has 2 heterocycles. The molecule has 1 aromatic heterocycles. The van der Waals surface area contributed by atoms with Gasteiger partial charge < -0.3 is 4.84 Å². The molecule has 4 rings (SSSR count). The summed E-state index contributed by atoms with van der Waals surface area (Å²) in [7, 11) is 0. The van der Waals surface area contributed by atoms with Gasteiger partial charge in [-0.25, -0.2) is 9.78 Å². The van der Waals surface area contributed by atoms with Crippen LogP contribution in [0.5, 0.6) is 0 Å². The van der Waals surface area contributed by atoms with Crippen molar-refractivity contribution in [3.05, 3.63) is 46.0 Å². The van der Waals surface area contributed by atoms with E-state index in [2.05, 4.69) is 4.98 Å². The lowest BCUT2D eigenvalue weighted by Crippen LogP contribution is -2.33. The summed E-state index contributed by atoms with van der Waals surface area (Å²) in [5.74, 6) is -1.86. The molecule has 2 aliphatic rings. The van der Waals surface area contributed by atoms with Crippen molar-refractivity contribution in [2.75, 3.05) is 0 Å². The topological polar surface area (TPSA) is 76.6 Å². The van der Waals surface area contributed by atoms with Gasteiger partial charge in [-0.15, -0.1) is 11.3 Å². The molecule has 0 spiro atoms. The zero-order valence-electron chi connectivity index (χ0n) is 14.8. The van der Waals surface area contributed by atoms with Crippen LogP contribution < -0.4 is 0 Å². The number of aromatic nitrogens is 1. The van der Waals surface area contributed by atoms with Crippen LogP contribution in [-0.2, 0) is 16.1 Å². The molecular formula is C19H18N2O4S2. The van der Waals surface area contributed by atoms with Crippen LogP contribution in [0.4, 0.5) is 0 Å². The number of imide groups is 1. The Hall–Kier alpha value is -2.19. The van der Waals surface area contributed by atoms with Crippen LogP contribution in [0.15, 0.2) is 28.6 Å². The summed E-state index contributed by atoms with van der Waals surface area (Å²) in [5, 5.41) is 1.16. The number of thioether (sulfide) groups is 1. The van der Waals surface area contributed by atoms with Gasteiger partial charge in [0.15, 0.2) is 4.34 Å². The number of hydroxylamine groups is 2. The molecule has 1 aliphatic heterocycles. The number of aryl methyl sites for hydroxylation is 1. The van der Waals surface area contributed by atoms with Crippen molar-refractivity contribution in [3.8, 4) is 0 Å². The highest BCUT2D eigenvalue weighted by atomic mass is 32.2. The van der Waals surface area contributed by atoms with E-state index >= 15 is 0 Å². The number of amides is 2. The Balaban J connectivity index is 1.41. The minimum absolute atomic E-state index is 0.0118. The summed E-state index contributed by atoms with van der Waals surface area (Å²) < 4.78 is 0.961. The maximum absolute atomic E-state index is 12.3. The highest BCUT2D eigenvalue weighted by molar-refractivity contribution is 8.01. The molecule has 1 aliphatic carbocycles. The number of rotatable bonds is 5. The third-order valence-electron chi connectivity index (χ3n) is 4.70. The minimum Gasteiger partial charge on any atom is -0.329 e. The number of thiazole rings is 1. The van der Waals surface area contributed by atoms with E-state index in [1.54, 1.807) is 36.0 Å². The van der Waals surface area contributed by atoms with E-state index in [1.807, 2.05) is 6.92 Å². The molecule has 0 bridgehead atoms. The molecule has 1 fully saturated rings. The lowest BCUT2D eigenvalue weighted by Gasteiger charge is -2.12. The van der Waals surface area contributed by atoms with Crippen molar-refractivity contribution in [2.24, 2.45) is 0 Å². The van der Waals surface area contributed by atoms with Gasteiger partial charge in [-0.1, -0.05) is 41.8 Å². The van der Waals surface area contributed by atoms with Crippen molar-refractivity contribution in [3.63, 3.8) is 0 Å². The van der Waals surface area contributed by atoms with Crippen molar-refractivity contribution < 1.29 is 19.2 Å². The molecule has 8 heteroatoms. The molecule has 0 atom stereocenters. The highest BCUT2D eigenvalue weighted by Crippen LogP contribution is 2.37. The van der Waals surface area contributed by atoms with Gasteiger partial charge >= 0.3 is 5.97 Å². The SMILES string of the molecule is Cc1nc(SC2CCCC2)sc1CC(=O)ON1C(=O)c2ccccc2C1=O. The second-order valence-electron chi connectivity index (χ2n) is 6.60. The van der Waals surface area contributed by atoms with E-state index in [0.29, 0.717) is 10.3 Å². The summed E-state index contributed by atoms with van der Waals surface area (Å²) in [6, 6.07) is 6.42. The zero-order chi connectivity index (χ0) is 19.0. The molecule has 0 saturated heterocycles. The molecule has 0 radical (unpaired) electrons. The Morgan fingerprint density at radius 2 is 1.85 bits per heavy atom. The summed E-state index contributed by atoms with van der Waals surface area (Å²) in [5.41, 5.74) is 1.29. The summed E-state index contributed by atoms with van der Waals surface area (Å²) >= 11 is 3.26. The molecule has 2 amide bonds. The normalized spacial score (nSPS) is 16.9. The minimum atomic E-state index is -0.645. The number of carbonyl (C=O) groups excluding carboxylic acids is 3. The maximum atomic E-state index is 12.3. The van der Waals surface area contributed by atoms with Crippen molar-refractivity contribution in [1.29, 1.82) is 0 Å². The third-order valence-corrected chi connectivity index (χ3v) is 7.29. The first kappa shape index (κ1) is 18.2. The van der Waals surface area contributed by atoms with Gasteiger partial charge in [0.2, 0.25) is 0 Å². The molecule has 1 aromatic carbocycles. The average Bonchev–Trinajstić information content (AvgIpc) is 3.33. The first-order chi connectivity index (χ1) is 13.0. The molecule has 1 saturated carbocycles. The lowest BCUT2D eigenvalue weighted by molar-refractivity contribution is -0.167. The number of carbonyl (C=O) groups is 3. The van der Waals surface area contributed by atoms with Crippen molar-refractivity contribution in [2.45, 2.75) is 48.6 Å². The quantitative estimate of drug-likeness (QED) is 0.709. The Bertz CT molecular complexity index is 883. The third kappa shape index (κ3) is 3.64. The van der Waals surface area contributed by atoms with Gasteiger partial charge in [-0.3, -0.25) is 9.59 Å². The molecule has 6 nitrogen and oxygen atoms in total. The standard InChI is InChI=1S/C19H18N2O4S2/c1-11-15(27-19(20-11)26-12-6-2-3-7-12)10-16(22)25-21-17(23)13-8-4-5-9-14(13)18(21)24/h4-5,8-9,12H,2-3,6-7,10H2,1H3. The van der Waals surface area contributed by atoms with E-state index in [-0.39, 0.29) is 17.5 Å². The smallest absolute Gasteiger partial charge is 0.329 e. The van der Waals surface area contributed by atoms with Crippen LogP contribution >= 0.6 is 23.1 Å². The fraction of sp³-hybridized carbons (Fsp3) is 0.368.